The third-order valence-electron chi connectivity index (χ3n) is 11.9. The fourth-order valence-electron chi connectivity index (χ4n) is 7.25. The van der Waals surface area contributed by atoms with Gasteiger partial charge in [-0.15, -0.1) is 13.0 Å². The van der Waals surface area contributed by atoms with E-state index in [2.05, 4.69) is 149 Å². The maximum Gasteiger partial charge on any atom is 0.261 e. The lowest BCUT2D eigenvalue weighted by atomic mass is 9.89. The summed E-state index contributed by atoms with van der Waals surface area (Å²) >= 11 is 0. The summed E-state index contributed by atoms with van der Waals surface area (Å²) in [5.41, 5.74) is 0.146. The van der Waals surface area contributed by atoms with Crippen molar-refractivity contribution in [1.82, 2.24) is 0 Å². The molecule has 0 aliphatic heterocycles. The van der Waals surface area contributed by atoms with Gasteiger partial charge in [0.15, 0.2) is 16.6 Å². The summed E-state index contributed by atoms with van der Waals surface area (Å²) in [6.07, 6.45) is 8.44. The Morgan fingerprint density at radius 1 is 0.778 bits per heavy atom. The summed E-state index contributed by atoms with van der Waals surface area (Å²) < 4.78 is 34.6. The fraction of sp³-hybridized carbons (Fsp3) is 0.522. The Kier molecular flexibility index (Phi) is 16.4. The molecule has 0 spiro atoms. The molecule has 3 rings (SSSR count). The Balaban J connectivity index is 2.20. The molecule has 0 saturated carbocycles. The fourth-order valence-corrected chi connectivity index (χ4v) is 16.1. The van der Waals surface area contributed by atoms with Crippen molar-refractivity contribution >= 4 is 35.3 Å². The zero-order chi connectivity index (χ0) is 40.3. The topological polar surface area (TPSA) is 46.2 Å². The molecule has 0 radical (unpaired) electrons. The first-order valence-electron chi connectivity index (χ1n) is 19.9. The molecule has 8 heteroatoms. The highest BCUT2D eigenvalue weighted by Crippen LogP contribution is 2.42. The molecule has 54 heavy (non-hydrogen) atoms. The highest BCUT2D eigenvalue weighted by molar-refractivity contribution is 6.99. The standard InChI is InChI=1S/C46H70O5Si3/c1-15-39(50-52(13,14)44(6,7)8)36-43(48-37-38-30-32-40(47-12)33-31-38)46(16-2,51-53(17-3,18-4)19-5)34-35-49-54(45(9,10)11,41-26-22-20-23-27-41)42-28-24-21-25-29-42/h1,16,20-33,39,43H,2,17-19,34-37H2,3-14H3/t39-,43+,46-/m0/s1. The minimum Gasteiger partial charge on any atom is -0.497 e. The van der Waals surface area contributed by atoms with Crippen molar-refractivity contribution in [3.8, 4) is 18.1 Å². The van der Waals surface area contributed by atoms with Gasteiger partial charge in [-0.05, 0) is 69.4 Å². The Bertz CT molecular complexity index is 1550. The lowest BCUT2D eigenvalue weighted by Gasteiger charge is -2.48. The molecule has 0 N–H and O–H groups in total. The third kappa shape index (κ3) is 10.8. The molecule has 5 nitrogen and oxygen atoms in total. The summed E-state index contributed by atoms with van der Waals surface area (Å²) in [6, 6.07) is 32.6. The molecule has 3 aromatic rings. The average molecular weight is 787 g/mol. The summed E-state index contributed by atoms with van der Waals surface area (Å²) in [7, 11) is -5.63. The van der Waals surface area contributed by atoms with Gasteiger partial charge in [0.1, 0.15) is 17.5 Å². The van der Waals surface area contributed by atoms with Gasteiger partial charge >= 0.3 is 0 Å². The van der Waals surface area contributed by atoms with Crippen LogP contribution in [0.1, 0.15) is 80.7 Å². The van der Waals surface area contributed by atoms with Crippen LogP contribution in [-0.4, -0.2) is 56.5 Å². The second-order valence-corrected chi connectivity index (χ2v) is 30.9. The van der Waals surface area contributed by atoms with E-state index >= 15 is 0 Å². The Morgan fingerprint density at radius 2 is 1.30 bits per heavy atom. The van der Waals surface area contributed by atoms with E-state index in [0.29, 0.717) is 26.1 Å². The second kappa shape index (κ2) is 19.4. The average Bonchev–Trinajstić information content (AvgIpc) is 3.16. The van der Waals surface area contributed by atoms with Gasteiger partial charge in [0, 0.05) is 19.4 Å². The summed E-state index contributed by atoms with van der Waals surface area (Å²) in [5.74, 6) is 3.84. The van der Waals surface area contributed by atoms with Gasteiger partial charge in [-0.25, -0.2) is 0 Å². The van der Waals surface area contributed by atoms with E-state index in [4.69, 9.17) is 29.2 Å². The maximum absolute atomic E-state index is 7.66. The second-order valence-electron chi connectivity index (χ2n) is 17.2. The summed E-state index contributed by atoms with van der Waals surface area (Å²) in [4.78, 5) is 0. The SMILES string of the molecule is C#C[C@@H](C[C@@H](OCc1ccc(OC)cc1)[C@](C=C)(CCO[Si](c1ccccc1)(c1ccccc1)C(C)(C)C)O[Si](CC)(CC)CC)O[Si](C)(C)C(C)(C)C. The van der Waals surface area contributed by atoms with Gasteiger partial charge in [0.05, 0.1) is 19.8 Å². The molecule has 3 aromatic carbocycles. The van der Waals surface area contributed by atoms with Crippen LogP contribution in [0.3, 0.4) is 0 Å². The number of benzene rings is 3. The van der Waals surface area contributed by atoms with E-state index in [1.807, 2.05) is 30.3 Å². The summed E-state index contributed by atoms with van der Waals surface area (Å²) in [6.45, 7) is 30.3. The number of terminal acetylenes is 1. The molecule has 3 atom stereocenters. The van der Waals surface area contributed by atoms with Crippen LogP contribution in [0.5, 0.6) is 5.75 Å². The normalized spacial score (nSPS) is 15.2. The van der Waals surface area contributed by atoms with Crippen LogP contribution in [0, 0.1) is 12.3 Å². The first-order valence-corrected chi connectivity index (χ1v) is 27.2. The lowest BCUT2D eigenvalue weighted by Crippen LogP contribution is -2.67. The zero-order valence-electron chi connectivity index (χ0n) is 35.6. The van der Waals surface area contributed by atoms with Gasteiger partial charge in [-0.2, -0.15) is 0 Å². The van der Waals surface area contributed by atoms with E-state index in [1.165, 1.54) is 10.4 Å². The predicted octanol–water partition coefficient (Wildman–Crippen LogP) is 10.9. The van der Waals surface area contributed by atoms with Gasteiger partial charge in [0.2, 0.25) is 0 Å². The van der Waals surface area contributed by atoms with Crippen molar-refractivity contribution in [3.63, 3.8) is 0 Å². The first-order chi connectivity index (χ1) is 25.4. The van der Waals surface area contributed by atoms with E-state index in [-0.39, 0.29) is 10.1 Å². The van der Waals surface area contributed by atoms with Crippen LogP contribution >= 0.6 is 0 Å². The van der Waals surface area contributed by atoms with Gasteiger partial charge in [-0.1, -0.05) is 147 Å². The number of methoxy groups -OCH3 is 1. The highest BCUT2D eigenvalue weighted by Gasteiger charge is 2.52. The van der Waals surface area contributed by atoms with E-state index in [9.17, 15) is 0 Å². The Labute approximate surface area is 332 Å². The van der Waals surface area contributed by atoms with Gasteiger partial charge in [-0.3, -0.25) is 0 Å². The summed E-state index contributed by atoms with van der Waals surface area (Å²) in [5, 5.41) is 2.32. The van der Waals surface area contributed by atoms with E-state index in [1.54, 1.807) is 7.11 Å². The molecule has 0 unspecified atom stereocenters. The monoisotopic (exact) mass is 786 g/mol. The molecule has 0 aliphatic rings. The number of hydrogen-bond acceptors (Lipinski definition) is 5. The van der Waals surface area contributed by atoms with E-state index < -0.39 is 42.8 Å². The van der Waals surface area contributed by atoms with Crippen LogP contribution in [0.4, 0.5) is 0 Å². The molecule has 0 aromatic heterocycles. The van der Waals surface area contributed by atoms with Crippen molar-refractivity contribution in [2.75, 3.05) is 13.7 Å². The van der Waals surface area contributed by atoms with Crippen molar-refractivity contribution in [2.45, 2.75) is 141 Å². The van der Waals surface area contributed by atoms with Crippen molar-refractivity contribution in [1.29, 1.82) is 0 Å². The Hall–Kier alpha value is -2.75. The molecule has 0 saturated heterocycles. The molecule has 0 amide bonds. The Morgan fingerprint density at radius 3 is 1.70 bits per heavy atom. The van der Waals surface area contributed by atoms with Crippen LogP contribution < -0.4 is 15.1 Å². The largest absolute Gasteiger partial charge is 0.497 e. The van der Waals surface area contributed by atoms with Gasteiger partial charge < -0.3 is 22.8 Å². The molecule has 0 aliphatic carbocycles. The lowest BCUT2D eigenvalue weighted by molar-refractivity contribution is -0.0989. The molecule has 0 fully saturated rings. The van der Waals surface area contributed by atoms with Crippen molar-refractivity contribution < 1.29 is 22.8 Å². The molecular weight excluding hydrogens is 717 g/mol. The molecule has 0 bridgehead atoms. The zero-order valence-corrected chi connectivity index (χ0v) is 38.6. The van der Waals surface area contributed by atoms with Crippen LogP contribution in [0.2, 0.25) is 41.3 Å². The van der Waals surface area contributed by atoms with Crippen molar-refractivity contribution in [2.24, 2.45) is 0 Å². The minimum atomic E-state index is -2.83. The first kappa shape index (κ1) is 45.6. The molecular formula is C46H70O5Si3. The highest BCUT2D eigenvalue weighted by atomic mass is 28.4. The number of hydrogen-bond donors (Lipinski definition) is 0. The number of ether oxygens (including phenoxy) is 2. The predicted molar refractivity (Wildman–Crippen MR) is 236 cm³/mol. The van der Waals surface area contributed by atoms with Crippen molar-refractivity contribution in [3.05, 3.63) is 103 Å². The molecule has 0 heterocycles. The van der Waals surface area contributed by atoms with E-state index in [0.717, 1.165) is 29.4 Å². The van der Waals surface area contributed by atoms with Gasteiger partial charge in [0.25, 0.3) is 8.32 Å². The maximum atomic E-state index is 7.66. The van der Waals surface area contributed by atoms with Crippen LogP contribution in [-0.2, 0) is 24.6 Å². The van der Waals surface area contributed by atoms with Crippen LogP contribution in [0.15, 0.2) is 97.6 Å². The third-order valence-corrected chi connectivity index (χ3v) is 26.1. The molecule has 296 valence electrons. The number of rotatable bonds is 21. The minimum absolute atomic E-state index is 0.00803. The van der Waals surface area contributed by atoms with Crippen LogP contribution in [0.25, 0.3) is 0 Å². The smallest absolute Gasteiger partial charge is 0.261 e. The quantitative estimate of drug-likeness (QED) is 0.0611.